The molecule has 0 saturated heterocycles. The Labute approximate surface area is 59.7 Å². The molecule has 3 heteroatoms. The fraction of sp³-hybridized carbons (Fsp3) is 0.857. The first-order chi connectivity index (χ1) is 4.52. The molecule has 0 aromatic rings. The Morgan fingerprint density at radius 1 is 1.70 bits per heavy atom. The molecule has 1 aliphatic carbocycles. The summed E-state index contributed by atoms with van der Waals surface area (Å²) in [4.78, 5) is 10.2. The van der Waals surface area contributed by atoms with E-state index < -0.39 is 11.6 Å². The Morgan fingerprint density at radius 3 is 2.50 bits per heavy atom. The molecule has 58 valence electrons. The van der Waals surface area contributed by atoms with Gasteiger partial charge in [-0.2, -0.15) is 0 Å². The van der Waals surface area contributed by atoms with Crippen molar-refractivity contribution in [3.8, 4) is 0 Å². The number of rotatable bonds is 2. The second kappa shape index (κ2) is 2.23. The minimum Gasteiger partial charge on any atom is -0.481 e. The van der Waals surface area contributed by atoms with E-state index >= 15 is 0 Å². The summed E-state index contributed by atoms with van der Waals surface area (Å²) >= 11 is 0. The van der Waals surface area contributed by atoms with Crippen molar-refractivity contribution in [2.24, 2.45) is 5.92 Å². The molecule has 0 unspecified atom stereocenters. The third kappa shape index (κ3) is 1.48. The highest BCUT2D eigenvalue weighted by molar-refractivity contribution is 5.68. The van der Waals surface area contributed by atoms with Gasteiger partial charge in [-0.05, 0) is 18.8 Å². The molecule has 1 fully saturated rings. The number of aliphatic hydroxyl groups is 1. The van der Waals surface area contributed by atoms with Gasteiger partial charge in [-0.1, -0.05) is 6.92 Å². The van der Waals surface area contributed by atoms with Crippen LogP contribution in [0.2, 0.25) is 0 Å². The molecule has 0 atom stereocenters. The lowest BCUT2D eigenvalue weighted by molar-refractivity contribution is -0.149. The minimum atomic E-state index is -0.908. The minimum absolute atomic E-state index is 0.0999. The fourth-order valence-corrected chi connectivity index (χ4v) is 1.66. The predicted octanol–water partition coefficient (Wildman–Crippen LogP) is 0.622. The third-order valence-electron chi connectivity index (χ3n) is 1.94. The van der Waals surface area contributed by atoms with E-state index in [2.05, 4.69) is 0 Å². The molecule has 10 heavy (non-hydrogen) atoms. The molecule has 0 aliphatic heterocycles. The van der Waals surface area contributed by atoms with Gasteiger partial charge in [0.2, 0.25) is 0 Å². The number of hydrogen-bond donors (Lipinski definition) is 2. The summed E-state index contributed by atoms with van der Waals surface area (Å²) in [6, 6.07) is 0. The second-order valence-electron chi connectivity index (χ2n) is 3.31. The molecule has 0 aromatic heterocycles. The molecule has 0 spiro atoms. The normalized spacial score (nSPS) is 38.8. The van der Waals surface area contributed by atoms with Crippen LogP contribution in [0.1, 0.15) is 26.2 Å². The lowest BCUT2D eigenvalue weighted by atomic mass is 9.70. The van der Waals surface area contributed by atoms with Gasteiger partial charge in [-0.15, -0.1) is 0 Å². The Kier molecular flexibility index (Phi) is 1.68. The van der Waals surface area contributed by atoms with E-state index in [0.717, 1.165) is 0 Å². The van der Waals surface area contributed by atoms with Crippen molar-refractivity contribution < 1.29 is 15.0 Å². The van der Waals surface area contributed by atoms with Crippen LogP contribution in [0.4, 0.5) is 0 Å². The molecule has 1 saturated carbocycles. The van der Waals surface area contributed by atoms with Crippen LogP contribution in [0.15, 0.2) is 0 Å². The second-order valence-corrected chi connectivity index (χ2v) is 3.31. The van der Waals surface area contributed by atoms with Gasteiger partial charge in [0.05, 0.1) is 12.0 Å². The summed E-state index contributed by atoms with van der Waals surface area (Å²) in [6.45, 7) is 2.01. The maximum Gasteiger partial charge on any atom is 0.306 e. The molecule has 0 aromatic carbocycles. The van der Waals surface area contributed by atoms with Crippen molar-refractivity contribution in [1.29, 1.82) is 0 Å². The highest BCUT2D eigenvalue weighted by atomic mass is 16.4. The van der Waals surface area contributed by atoms with Gasteiger partial charge in [0.25, 0.3) is 0 Å². The molecule has 3 nitrogen and oxygen atoms in total. The van der Waals surface area contributed by atoms with Crippen LogP contribution in [-0.2, 0) is 4.79 Å². The van der Waals surface area contributed by atoms with Crippen molar-refractivity contribution in [2.75, 3.05) is 0 Å². The predicted molar refractivity (Wildman–Crippen MR) is 35.6 cm³/mol. The highest BCUT2D eigenvalue weighted by Crippen LogP contribution is 2.39. The van der Waals surface area contributed by atoms with Gasteiger partial charge in [0, 0.05) is 0 Å². The Morgan fingerprint density at radius 2 is 2.20 bits per heavy atom. The summed E-state index contributed by atoms with van der Waals surface area (Å²) in [5.41, 5.74) is -0.884. The monoisotopic (exact) mass is 144 g/mol. The van der Waals surface area contributed by atoms with E-state index in [1.165, 1.54) is 0 Å². The van der Waals surface area contributed by atoms with Gasteiger partial charge in [-0.3, -0.25) is 4.79 Å². The van der Waals surface area contributed by atoms with Gasteiger partial charge in [0.15, 0.2) is 0 Å². The van der Waals surface area contributed by atoms with Gasteiger partial charge >= 0.3 is 5.97 Å². The Bertz CT molecular complexity index is 147. The SMILES string of the molecule is CC1CC(O)(CC(=O)O)C1. The van der Waals surface area contributed by atoms with Crippen LogP contribution in [0, 0.1) is 5.92 Å². The van der Waals surface area contributed by atoms with Crippen LogP contribution in [0.3, 0.4) is 0 Å². The number of carboxylic acids is 1. The number of carboxylic acid groups (broad SMARTS) is 1. The third-order valence-corrected chi connectivity index (χ3v) is 1.94. The zero-order valence-corrected chi connectivity index (χ0v) is 6.00. The smallest absolute Gasteiger partial charge is 0.306 e. The van der Waals surface area contributed by atoms with E-state index in [-0.39, 0.29) is 6.42 Å². The van der Waals surface area contributed by atoms with E-state index in [1.807, 2.05) is 6.92 Å². The lowest BCUT2D eigenvalue weighted by Gasteiger charge is -2.40. The Balaban J connectivity index is 2.34. The average Bonchev–Trinajstić information content (AvgIpc) is 1.57. The van der Waals surface area contributed by atoms with Crippen LogP contribution < -0.4 is 0 Å². The van der Waals surface area contributed by atoms with Crippen molar-refractivity contribution in [1.82, 2.24) is 0 Å². The van der Waals surface area contributed by atoms with Crippen molar-refractivity contribution in [3.63, 3.8) is 0 Å². The molecule has 1 rings (SSSR count). The summed E-state index contributed by atoms with van der Waals surface area (Å²) in [5.74, 6) is -0.418. The van der Waals surface area contributed by atoms with Gasteiger partial charge in [0.1, 0.15) is 0 Å². The molecule has 0 amide bonds. The Hall–Kier alpha value is -0.570. The summed E-state index contributed by atoms with van der Waals surface area (Å²) < 4.78 is 0. The molecule has 1 aliphatic rings. The molecule has 0 bridgehead atoms. The first-order valence-corrected chi connectivity index (χ1v) is 3.46. The first-order valence-electron chi connectivity index (χ1n) is 3.46. The summed E-state index contributed by atoms with van der Waals surface area (Å²) in [5, 5.41) is 17.7. The molecular weight excluding hydrogens is 132 g/mol. The van der Waals surface area contributed by atoms with E-state index in [0.29, 0.717) is 18.8 Å². The molecule has 0 radical (unpaired) electrons. The van der Waals surface area contributed by atoms with Crippen LogP contribution in [0.5, 0.6) is 0 Å². The van der Waals surface area contributed by atoms with E-state index in [9.17, 15) is 9.90 Å². The van der Waals surface area contributed by atoms with Crippen molar-refractivity contribution >= 4 is 5.97 Å². The van der Waals surface area contributed by atoms with Crippen molar-refractivity contribution in [3.05, 3.63) is 0 Å². The van der Waals surface area contributed by atoms with Crippen LogP contribution in [0.25, 0.3) is 0 Å². The van der Waals surface area contributed by atoms with Gasteiger partial charge in [-0.25, -0.2) is 0 Å². The largest absolute Gasteiger partial charge is 0.481 e. The number of aliphatic carboxylic acids is 1. The van der Waals surface area contributed by atoms with E-state index in [1.54, 1.807) is 0 Å². The molecule has 2 N–H and O–H groups in total. The molecule has 0 heterocycles. The lowest BCUT2D eigenvalue weighted by Crippen LogP contribution is -2.44. The summed E-state index contributed by atoms with van der Waals surface area (Å²) in [6.07, 6.45) is 1.18. The zero-order valence-electron chi connectivity index (χ0n) is 6.00. The quantitative estimate of drug-likeness (QED) is 0.597. The van der Waals surface area contributed by atoms with Crippen LogP contribution >= 0.6 is 0 Å². The van der Waals surface area contributed by atoms with Crippen molar-refractivity contribution in [2.45, 2.75) is 31.8 Å². The first kappa shape index (κ1) is 7.54. The summed E-state index contributed by atoms with van der Waals surface area (Å²) in [7, 11) is 0. The number of hydrogen-bond acceptors (Lipinski definition) is 2. The average molecular weight is 144 g/mol. The highest BCUT2D eigenvalue weighted by Gasteiger charge is 2.41. The topological polar surface area (TPSA) is 57.5 Å². The standard InChI is InChI=1S/C7H12O3/c1-5-2-7(10,3-5)4-6(8)9/h5,10H,2-4H2,1H3,(H,8,9). The van der Waals surface area contributed by atoms with Gasteiger partial charge < -0.3 is 10.2 Å². The fourth-order valence-electron chi connectivity index (χ4n) is 1.66. The van der Waals surface area contributed by atoms with Crippen LogP contribution in [-0.4, -0.2) is 21.8 Å². The number of carbonyl (C=O) groups is 1. The van der Waals surface area contributed by atoms with E-state index in [4.69, 9.17) is 5.11 Å². The maximum atomic E-state index is 10.2. The molecular formula is C7H12O3. The maximum absolute atomic E-state index is 10.2. The zero-order chi connectivity index (χ0) is 7.78.